The molecule has 0 amide bonds. The molecule has 0 heterocycles. The molecule has 0 saturated heterocycles. The van der Waals surface area contributed by atoms with Crippen molar-refractivity contribution < 1.29 is 0 Å². The molecule has 0 aromatic heterocycles. The predicted molar refractivity (Wildman–Crippen MR) is 105 cm³/mol. The van der Waals surface area contributed by atoms with E-state index < -0.39 is 0 Å². The molecule has 3 nitrogen and oxygen atoms in total. The van der Waals surface area contributed by atoms with Crippen LogP contribution in [0.5, 0.6) is 0 Å². The van der Waals surface area contributed by atoms with Gasteiger partial charge >= 0.3 is 0 Å². The Hall–Kier alpha value is -0.990. The van der Waals surface area contributed by atoms with E-state index in [4.69, 9.17) is 4.99 Å². The van der Waals surface area contributed by atoms with E-state index in [2.05, 4.69) is 51.0 Å². The summed E-state index contributed by atoms with van der Waals surface area (Å²) in [5.41, 5.74) is 0. The van der Waals surface area contributed by atoms with Crippen molar-refractivity contribution in [1.29, 1.82) is 0 Å². The first kappa shape index (κ1) is 22.0. The molecule has 0 aromatic rings. The van der Waals surface area contributed by atoms with Gasteiger partial charge in [0.15, 0.2) is 0 Å². The van der Waals surface area contributed by atoms with Crippen LogP contribution in [0.2, 0.25) is 0 Å². The third-order valence-electron chi connectivity index (χ3n) is 4.24. The lowest BCUT2D eigenvalue weighted by molar-refractivity contribution is 0.326. The molecular weight excluding hydrogens is 282 g/mol. The van der Waals surface area contributed by atoms with Crippen LogP contribution >= 0.6 is 0 Å². The van der Waals surface area contributed by atoms with Crippen LogP contribution in [0.4, 0.5) is 0 Å². The highest BCUT2D eigenvalue weighted by molar-refractivity contribution is 5.80. The molecule has 0 atom stereocenters. The summed E-state index contributed by atoms with van der Waals surface area (Å²) in [5.74, 6) is 2.08. The molecule has 23 heavy (non-hydrogen) atoms. The first-order valence-electron chi connectivity index (χ1n) is 9.84. The Morgan fingerprint density at radius 3 is 1.39 bits per heavy atom. The van der Waals surface area contributed by atoms with E-state index >= 15 is 0 Å². The van der Waals surface area contributed by atoms with Crippen molar-refractivity contribution in [3.63, 3.8) is 0 Å². The highest BCUT2D eigenvalue weighted by Gasteiger charge is 2.10. The van der Waals surface area contributed by atoms with Crippen LogP contribution < -0.4 is 0 Å². The molecule has 0 saturated carbocycles. The normalized spacial score (nSPS) is 11.6. The molecule has 0 fully saturated rings. The molecule has 0 radical (unpaired) electrons. The molecule has 0 aliphatic rings. The fourth-order valence-corrected chi connectivity index (χ4v) is 2.53. The summed E-state index contributed by atoms with van der Waals surface area (Å²) in [6.45, 7) is 19.8. The quantitative estimate of drug-likeness (QED) is 0.302. The van der Waals surface area contributed by atoms with Gasteiger partial charge in [0.1, 0.15) is 11.7 Å². The maximum atomic E-state index is 4.86. The van der Waals surface area contributed by atoms with Crippen LogP contribution in [0.25, 0.3) is 0 Å². The molecule has 0 unspecified atom stereocenters. The van der Waals surface area contributed by atoms with Gasteiger partial charge in [-0.15, -0.1) is 0 Å². The molecule has 0 spiro atoms. The maximum Gasteiger partial charge on any atom is 0.123 e. The Kier molecular flexibility index (Phi) is 14.0. The summed E-state index contributed by atoms with van der Waals surface area (Å²) in [4.78, 5) is 9.67. The van der Waals surface area contributed by atoms with Gasteiger partial charge < -0.3 is 9.80 Å². The number of aliphatic imine (C=N–C) groups is 1. The zero-order valence-electron chi connectivity index (χ0n) is 16.5. The molecule has 3 heteroatoms. The fourth-order valence-electron chi connectivity index (χ4n) is 2.53. The Morgan fingerprint density at radius 2 is 1.04 bits per heavy atom. The van der Waals surface area contributed by atoms with Crippen molar-refractivity contribution in [3.8, 4) is 0 Å². The van der Waals surface area contributed by atoms with Crippen molar-refractivity contribution in [3.05, 3.63) is 12.4 Å². The molecule has 0 N–H and O–H groups in total. The van der Waals surface area contributed by atoms with Crippen molar-refractivity contribution in [1.82, 2.24) is 9.80 Å². The van der Waals surface area contributed by atoms with Gasteiger partial charge in [-0.25, -0.2) is 4.99 Å². The molecular formula is C20H41N3. The highest BCUT2D eigenvalue weighted by Crippen LogP contribution is 2.10. The topological polar surface area (TPSA) is 18.8 Å². The average Bonchev–Trinajstić information content (AvgIpc) is 2.54. The summed E-state index contributed by atoms with van der Waals surface area (Å²) >= 11 is 0. The molecule has 0 rings (SSSR count). The van der Waals surface area contributed by atoms with Crippen LogP contribution in [0.15, 0.2) is 17.4 Å². The minimum absolute atomic E-state index is 0.947. The van der Waals surface area contributed by atoms with E-state index in [-0.39, 0.29) is 0 Å². The summed E-state index contributed by atoms with van der Waals surface area (Å²) in [6.07, 6.45) is 9.80. The van der Waals surface area contributed by atoms with Gasteiger partial charge in [0.2, 0.25) is 0 Å². The maximum absolute atomic E-state index is 4.86. The summed E-state index contributed by atoms with van der Waals surface area (Å²) in [7, 11) is 0. The Bertz CT molecular complexity index is 307. The third kappa shape index (κ3) is 10.4. The number of nitrogens with zero attached hydrogens (tertiary/aromatic N) is 3. The summed E-state index contributed by atoms with van der Waals surface area (Å²) in [5, 5.41) is 0. The first-order chi connectivity index (χ1) is 11.1. The summed E-state index contributed by atoms with van der Waals surface area (Å²) in [6, 6.07) is 0. The molecule has 0 aliphatic carbocycles. The predicted octanol–water partition coefficient (Wildman–Crippen LogP) is 5.68. The van der Waals surface area contributed by atoms with E-state index in [1.54, 1.807) is 0 Å². The zero-order valence-corrected chi connectivity index (χ0v) is 16.5. The van der Waals surface area contributed by atoms with Crippen LogP contribution in [-0.2, 0) is 0 Å². The van der Waals surface area contributed by atoms with Crippen LogP contribution in [-0.4, -0.2) is 41.8 Å². The number of amidine groups is 1. The SMILES string of the molecule is C=C(N=C(C)N(CCCC)CCCC)N(CCCC)CCCC. The summed E-state index contributed by atoms with van der Waals surface area (Å²) < 4.78 is 0. The lowest BCUT2D eigenvalue weighted by atomic mass is 10.2. The van der Waals surface area contributed by atoms with Crippen LogP contribution in [0.1, 0.15) is 86.0 Å². The van der Waals surface area contributed by atoms with Gasteiger partial charge in [-0.1, -0.05) is 60.0 Å². The van der Waals surface area contributed by atoms with Gasteiger partial charge in [-0.05, 0) is 32.6 Å². The lowest BCUT2D eigenvalue weighted by Gasteiger charge is -2.28. The first-order valence-corrected chi connectivity index (χ1v) is 9.84. The molecule has 0 aliphatic heterocycles. The Balaban J connectivity index is 4.81. The van der Waals surface area contributed by atoms with E-state index in [0.717, 1.165) is 37.8 Å². The molecule has 0 aromatic carbocycles. The van der Waals surface area contributed by atoms with E-state index in [0.29, 0.717) is 0 Å². The van der Waals surface area contributed by atoms with Crippen molar-refractivity contribution in [2.75, 3.05) is 26.2 Å². The fraction of sp³-hybridized carbons (Fsp3) is 0.850. The minimum atomic E-state index is 0.947. The van der Waals surface area contributed by atoms with Gasteiger partial charge in [-0.3, -0.25) is 0 Å². The smallest absolute Gasteiger partial charge is 0.123 e. The molecule has 136 valence electrons. The largest absolute Gasteiger partial charge is 0.360 e. The second-order valence-corrected chi connectivity index (χ2v) is 6.46. The minimum Gasteiger partial charge on any atom is -0.360 e. The second kappa shape index (κ2) is 14.6. The van der Waals surface area contributed by atoms with Crippen molar-refractivity contribution >= 4 is 5.84 Å². The number of unbranched alkanes of at least 4 members (excludes halogenated alkanes) is 4. The van der Waals surface area contributed by atoms with Crippen molar-refractivity contribution in [2.24, 2.45) is 4.99 Å². The number of rotatable bonds is 14. The van der Waals surface area contributed by atoms with Crippen LogP contribution in [0, 0.1) is 0 Å². The Labute approximate surface area is 145 Å². The van der Waals surface area contributed by atoms with Crippen LogP contribution in [0.3, 0.4) is 0 Å². The van der Waals surface area contributed by atoms with Gasteiger partial charge in [-0.2, -0.15) is 0 Å². The van der Waals surface area contributed by atoms with E-state index in [1.165, 1.54) is 51.4 Å². The van der Waals surface area contributed by atoms with Gasteiger partial charge in [0.05, 0.1) is 0 Å². The zero-order chi connectivity index (χ0) is 17.5. The second-order valence-electron chi connectivity index (χ2n) is 6.46. The monoisotopic (exact) mass is 323 g/mol. The van der Waals surface area contributed by atoms with Crippen molar-refractivity contribution in [2.45, 2.75) is 86.0 Å². The highest BCUT2D eigenvalue weighted by atomic mass is 15.3. The number of hydrogen-bond donors (Lipinski definition) is 0. The third-order valence-corrected chi connectivity index (χ3v) is 4.24. The van der Waals surface area contributed by atoms with E-state index in [9.17, 15) is 0 Å². The van der Waals surface area contributed by atoms with E-state index in [1.807, 2.05) is 0 Å². The standard InChI is InChI=1S/C20H41N3/c1-7-11-15-22(16-12-8-2)19(5)21-20(6)23(17-13-9-3)18-14-10-4/h5,7-18H2,1-4,6H3. The average molecular weight is 324 g/mol. The number of hydrogen-bond acceptors (Lipinski definition) is 2. The van der Waals surface area contributed by atoms with Gasteiger partial charge in [0, 0.05) is 26.2 Å². The Morgan fingerprint density at radius 1 is 0.696 bits per heavy atom. The molecule has 0 bridgehead atoms. The lowest BCUT2D eigenvalue weighted by Crippen LogP contribution is -2.32. The van der Waals surface area contributed by atoms with Gasteiger partial charge in [0.25, 0.3) is 0 Å².